The number of aryl methyl sites for hydroxylation is 2. The van der Waals surface area contributed by atoms with Crippen LogP contribution in [0.2, 0.25) is 0 Å². The molecule has 0 fully saturated rings. The quantitative estimate of drug-likeness (QED) is 0.666. The Bertz CT molecular complexity index is 1130. The van der Waals surface area contributed by atoms with E-state index in [0.717, 1.165) is 16.0 Å². The fourth-order valence-electron chi connectivity index (χ4n) is 2.94. The molecule has 0 aliphatic heterocycles. The molecule has 28 heavy (non-hydrogen) atoms. The molecule has 1 aromatic carbocycles. The van der Waals surface area contributed by atoms with Gasteiger partial charge in [-0.05, 0) is 44.9 Å². The standard InChI is InChI=1S/C20H21N3O4S/c1-5-27-20(26)16-12(3)13(4)28-18(16)22-15(24)9-23-10-21-17-11(2)7-6-8-14(17)19(23)25/h6-8,10H,5,9H2,1-4H3,(H,22,24). The summed E-state index contributed by atoms with van der Waals surface area (Å²) >= 11 is 1.31. The summed E-state index contributed by atoms with van der Waals surface area (Å²) in [5.41, 5.74) is 2.37. The van der Waals surface area contributed by atoms with Gasteiger partial charge in [0.25, 0.3) is 5.56 Å². The molecule has 0 unspecified atom stereocenters. The van der Waals surface area contributed by atoms with Crippen LogP contribution in [0.5, 0.6) is 0 Å². The maximum atomic E-state index is 12.7. The lowest BCUT2D eigenvalue weighted by Crippen LogP contribution is -2.28. The molecule has 0 saturated heterocycles. The zero-order chi connectivity index (χ0) is 20.4. The van der Waals surface area contributed by atoms with Crippen LogP contribution in [0.3, 0.4) is 0 Å². The average Bonchev–Trinajstić information content (AvgIpc) is 2.92. The molecule has 0 bridgehead atoms. The molecule has 0 atom stereocenters. The highest BCUT2D eigenvalue weighted by molar-refractivity contribution is 7.16. The van der Waals surface area contributed by atoms with Gasteiger partial charge in [0.05, 0.1) is 29.4 Å². The summed E-state index contributed by atoms with van der Waals surface area (Å²) in [6, 6.07) is 5.36. The van der Waals surface area contributed by atoms with Crippen molar-refractivity contribution in [2.75, 3.05) is 11.9 Å². The van der Waals surface area contributed by atoms with Crippen LogP contribution in [0.25, 0.3) is 10.9 Å². The number of fused-ring (bicyclic) bond motifs is 1. The van der Waals surface area contributed by atoms with Crippen LogP contribution in [-0.4, -0.2) is 28.0 Å². The molecule has 7 nitrogen and oxygen atoms in total. The molecule has 0 radical (unpaired) electrons. The molecule has 0 aliphatic rings. The molecule has 3 rings (SSSR count). The van der Waals surface area contributed by atoms with E-state index < -0.39 is 11.9 Å². The number of ether oxygens (including phenoxy) is 1. The molecule has 146 valence electrons. The maximum absolute atomic E-state index is 12.7. The van der Waals surface area contributed by atoms with Gasteiger partial charge in [0, 0.05) is 4.88 Å². The van der Waals surface area contributed by atoms with Gasteiger partial charge in [-0.15, -0.1) is 11.3 Å². The van der Waals surface area contributed by atoms with Crippen LogP contribution in [0.15, 0.2) is 29.3 Å². The van der Waals surface area contributed by atoms with Crippen molar-refractivity contribution in [3.8, 4) is 0 Å². The van der Waals surface area contributed by atoms with Gasteiger partial charge in [-0.25, -0.2) is 9.78 Å². The van der Waals surface area contributed by atoms with Crippen molar-refractivity contribution in [3.05, 3.63) is 56.4 Å². The number of hydrogen-bond donors (Lipinski definition) is 1. The summed E-state index contributed by atoms with van der Waals surface area (Å²) in [6.07, 6.45) is 1.37. The second kappa shape index (κ2) is 7.93. The summed E-state index contributed by atoms with van der Waals surface area (Å²) < 4.78 is 6.35. The number of para-hydroxylation sites is 1. The number of aromatic nitrogens is 2. The summed E-state index contributed by atoms with van der Waals surface area (Å²) in [7, 11) is 0. The summed E-state index contributed by atoms with van der Waals surface area (Å²) in [6.45, 7) is 7.34. The third kappa shape index (κ3) is 3.68. The van der Waals surface area contributed by atoms with E-state index in [1.807, 2.05) is 26.8 Å². The fraction of sp³-hybridized carbons (Fsp3) is 0.300. The number of hydrogen-bond acceptors (Lipinski definition) is 6. The molecule has 0 saturated carbocycles. The minimum absolute atomic E-state index is 0.200. The maximum Gasteiger partial charge on any atom is 0.341 e. The highest BCUT2D eigenvalue weighted by Crippen LogP contribution is 2.33. The SMILES string of the molecule is CCOC(=O)c1c(NC(=O)Cn2cnc3c(C)cccc3c2=O)sc(C)c1C. The molecular formula is C20H21N3O4S. The van der Waals surface area contributed by atoms with Gasteiger partial charge in [-0.3, -0.25) is 14.2 Å². The smallest absolute Gasteiger partial charge is 0.341 e. The van der Waals surface area contributed by atoms with Crippen molar-refractivity contribution in [3.63, 3.8) is 0 Å². The number of carbonyl (C=O) groups is 2. The molecule has 0 spiro atoms. The third-order valence-electron chi connectivity index (χ3n) is 4.49. The predicted octanol–water partition coefficient (Wildman–Crippen LogP) is 3.20. The van der Waals surface area contributed by atoms with Crippen LogP contribution in [-0.2, 0) is 16.1 Å². The summed E-state index contributed by atoms with van der Waals surface area (Å²) in [5.74, 6) is -0.887. The zero-order valence-electron chi connectivity index (χ0n) is 16.2. The lowest BCUT2D eigenvalue weighted by atomic mass is 10.1. The molecule has 8 heteroatoms. The molecule has 0 aliphatic carbocycles. The minimum atomic E-state index is -0.473. The lowest BCUT2D eigenvalue weighted by Gasteiger charge is -2.09. The van der Waals surface area contributed by atoms with Gasteiger partial charge in [0.2, 0.25) is 5.91 Å². The molecule has 3 aromatic rings. The van der Waals surface area contributed by atoms with Crippen molar-refractivity contribution in [2.45, 2.75) is 34.2 Å². The Labute approximate surface area is 166 Å². The van der Waals surface area contributed by atoms with Crippen LogP contribution < -0.4 is 10.9 Å². The van der Waals surface area contributed by atoms with Gasteiger partial charge in [-0.1, -0.05) is 12.1 Å². The summed E-state index contributed by atoms with van der Waals surface area (Å²) in [5, 5.41) is 3.63. The second-order valence-corrected chi connectivity index (χ2v) is 7.63. The monoisotopic (exact) mass is 399 g/mol. The highest BCUT2D eigenvalue weighted by Gasteiger charge is 2.22. The Morgan fingerprint density at radius 3 is 2.71 bits per heavy atom. The van der Waals surface area contributed by atoms with Crippen molar-refractivity contribution in [2.24, 2.45) is 0 Å². The van der Waals surface area contributed by atoms with Crippen molar-refractivity contribution in [1.29, 1.82) is 0 Å². The van der Waals surface area contributed by atoms with Gasteiger partial charge in [-0.2, -0.15) is 0 Å². The first kappa shape index (κ1) is 19.8. The number of anilines is 1. The Kier molecular flexibility index (Phi) is 5.60. The minimum Gasteiger partial charge on any atom is -0.462 e. The number of rotatable bonds is 5. The number of nitrogens with zero attached hydrogens (tertiary/aromatic N) is 2. The molecular weight excluding hydrogens is 378 g/mol. The van der Waals surface area contributed by atoms with Gasteiger partial charge in [0.15, 0.2) is 0 Å². The number of benzene rings is 1. The van der Waals surface area contributed by atoms with E-state index in [1.54, 1.807) is 19.1 Å². The molecule has 2 heterocycles. The molecule has 2 aromatic heterocycles. The Morgan fingerprint density at radius 2 is 2.00 bits per heavy atom. The number of amides is 1. The number of carbonyl (C=O) groups excluding carboxylic acids is 2. The van der Waals surface area contributed by atoms with Crippen molar-refractivity contribution in [1.82, 2.24) is 9.55 Å². The fourth-order valence-corrected chi connectivity index (χ4v) is 4.00. The predicted molar refractivity (Wildman–Crippen MR) is 109 cm³/mol. The van der Waals surface area contributed by atoms with E-state index in [-0.39, 0.29) is 18.7 Å². The van der Waals surface area contributed by atoms with E-state index in [9.17, 15) is 14.4 Å². The Morgan fingerprint density at radius 1 is 1.25 bits per heavy atom. The van der Waals surface area contributed by atoms with Crippen LogP contribution in [0.4, 0.5) is 5.00 Å². The van der Waals surface area contributed by atoms with Crippen molar-refractivity contribution < 1.29 is 14.3 Å². The topological polar surface area (TPSA) is 90.3 Å². The van der Waals surface area contributed by atoms with Gasteiger partial charge < -0.3 is 10.1 Å². The molecule has 1 amide bonds. The number of nitrogens with one attached hydrogen (secondary N) is 1. The average molecular weight is 399 g/mol. The van der Waals surface area contributed by atoms with Crippen molar-refractivity contribution >= 4 is 39.1 Å². The summed E-state index contributed by atoms with van der Waals surface area (Å²) in [4.78, 5) is 42.7. The van der Waals surface area contributed by atoms with Crippen LogP contribution in [0.1, 0.15) is 33.3 Å². The van der Waals surface area contributed by atoms with Crippen LogP contribution in [0, 0.1) is 20.8 Å². The van der Waals surface area contributed by atoms with E-state index in [4.69, 9.17) is 4.74 Å². The lowest BCUT2D eigenvalue weighted by molar-refractivity contribution is -0.116. The van der Waals surface area contributed by atoms with Gasteiger partial charge in [0.1, 0.15) is 11.5 Å². The Balaban J connectivity index is 1.87. The van der Waals surface area contributed by atoms with E-state index in [2.05, 4.69) is 10.3 Å². The van der Waals surface area contributed by atoms with E-state index in [0.29, 0.717) is 21.5 Å². The first-order chi connectivity index (χ1) is 13.3. The highest BCUT2D eigenvalue weighted by atomic mass is 32.1. The van der Waals surface area contributed by atoms with Crippen LogP contribution >= 0.6 is 11.3 Å². The Hall–Kier alpha value is -3.00. The van der Waals surface area contributed by atoms with E-state index in [1.165, 1.54) is 22.2 Å². The van der Waals surface area contributed by atoms with E-state index >= 15 is 0 Å². The number of thiophene rings is 1. The number of esters is 1. The first-order valence-corrected chi connectivity index (χ1v) is 9.66. The largest absolute Gasteiger partial charge is 0.462 e. The normalized spacial score (nSPS) is 10.9. The third-order valence-corrected chi connectivity index (χ3v) is 5.61. The zero-order valence-corrected chi connectivity index (χ0v) is 17.0. The van der Waals surface area contributed by atoms with Gasteiger partial charge >= 0.3 is 5.97 Å². The first-order valence-electron chi connectivity index (χ1n) is 8.85. The second-order valence-electron chi connectivity index (χ2n) is 6.40. The molecule has 1 N–H and O–H groups in total.